The van der Waals surface area contributed by atoms with Crippen molar-refractivity contribution in [3.63, 3.8) is 0 Å². The van der Waals surface area contributed by atoms with Crippen LogP contribution in [0.1, 0.15) is 48.6 Å². The molecule has 1 heterocycles. The van der Waals surface area contributed by atoms with E-state index < -0.39 is 0 Å². The molecule has 9 aromatic rings. The summed E-state index contributed by atoms with van der Waals surface area (Å²) < 4.78 is 6.49. The maximum absolute atomic E-state index is 9.29. The first-order valence-corrected chi connectivity index (χ1v) is 20.3. The van der Waals surface area contributed by atoms with E-state index in [1.54, 1.807) is 0 Å². The van der Waals surface area contributed by atoms with Crippen molar-refractivity contribution in [2.75, 3.05) is 4.90 Å². The second-order valence-corrected chi connectivity index (χ2v) is 15.8. The smallest absolute Gasteiger partial charge is 0.161 e. The third-order valence-corrected chi connectivity index (χ3v) is 11.8. The summed E-state index contributed by atoms with van der Waals surface area (Å²) in [4.78, 5) is 12.1. The summed E-state index contributed by atoms with van der Waals surface area (Å²) in [5, 5.41) is 11.1. The number of fused-ring (bicyclic) bond motifs is 6. The summed E-state index contributed by atoms with van der Waals surface area (Å²) in [5.41, 5.74) is 15.5. The van der Waals surface area contributed by atoms with Crippen LogP contribution >= 0.6 is 0 Å². The van der Waals surface area contributed by atoms with Crippen molar-refractivity contribution >= 4 is 56.4 Å². The first kappa shape index (κ1) is 36.7. The van der Waals surface area contributed by atoms with E-state index in [9.17, 15) is 5.41 Å². The molecule has 8 aromatic carbocycles. The molecule has 1 aliphatic rings. The predicted molar refractivity (Wildman–Crippen MR) is 250 cm³/mol. The molecule has 5 heteroatoms. The Labute approximate surface area is 350 Å². The average Bonchev–Trinajstić information content (AvgIpc) is 3.78. The van der Waals surface area contributed by atoms with Gasteiger partial charge in [-0.25, -0.2) is 9.98 Å². The van der Waals surface area contributed by atoms with Gasteiger partial charge in [-0.3, -0.25) is 5.41 Å². The van der Waals surface area contributed by atoms with Crippen LogP contribution in [0.4, 0.5) is 17.1 Å². The van der Waals surface area contributed by atoms with Gasteiger partial charge in [-0.1, -0.05) is 153 Å². The quantitative estimate of drug-likeness (QED) is 0.129. The molecule has 0 amide bonds. The third-order valence-electron chi connectivity index (χ3n) is 11.8. The lowest BCUT2D eigenvalue weighted by Gasteiger charge is -2.28. The highest BCUT2D eigenvalue weighted by molar-refractivity contribution is 6.22. The summed E-state index contributed by atoms with van der Waals surface area (Å²) in [6, 6.07) is 67.0. The highest BCUT2D eigenvalue weighted by Crippen LogP contribution is 2.50. The lowest BCUT2D eigenvalue weighted by Crippen LogP contribution is -2.16. The molecule has 0 saturated heterocycles. The summed E-state index contributed by atoms with van der Waals surface area (Å²) in [5.74, 6) is 0.597. The van der Waals surface area contributed by atoms with Crippen LogP contribution in [0, 0.1) is 5.41 Å². The maximum Gasteiger partial charge on any atom is 0.161 e. The maximum atomic E-state index is 9.29. The third kappa shape index (κ3) is 6.51. The molecule has 10 rings (SSSR count). The summed E-state index contributed by atoms with van der Waals surface area (Å²) in [6.45, 7) is 6.62. The van der Waals surface area contributed by atoms with Crippen molar-refractivity contribution in [1.82, 2.24) is 0 Å². The molecule has 0 fully saturated rings. The minimum atomic E-state index is -0.0982. The van der Waals surface area contributed by atoms with Crippen molar-refractivity contribution in [3.05, 3.63) is 222 Å². The fourth-order valence-electron chi connectivity index (χ4n) is 8.67. The lowest BCUT2D eigenvalue weighted by atomic mass is 9.82. The van der Waals surface area contributed by atoms with Crippen molar-refractivity contribution in [2.45, 2.75) is 26.2 Å². The van der Waals surface area contributed by atoms with E-state index >= 15 is 0 Å². The van der Waals surface area contributed by atoms with Crippen LogP contribution in [0.5, 0.6) is 0 Å². The minimum Gasteiger partial charge on any atom is -0.456 e. The molecular formula is C55H42N4O. The lowest BCUT2D eigenvalue weighted by molar-refractivity contribution is 0.660. The number of hydrogen-bond acceptors (Lipinski definition) is 3. The van der Waals surface area contributed by atoms with Crippen molar-refractivity contribution < 1.29 is 4.42 Å². The Hall–Kier alpha value is -7.63. The molecule has 5 nitrogen and oxygen atoms in total. The number of rotatable bonds is 7. The Morgan fingerprint density at radius 1 is 0.517 bits per heavy atom. The Morgan fingerprint density at radius 3 is 1.88 bits per heavy atom. The molecule has 0 saturated carbocycles. The van der Waals surface area contributed by atoms with Gasteiger partial charge in [0.1, 0.15) is 11.2 Å². The molecule has 0 unspecified atom stereocenters. The number of aliphatic imine (C=N–C) groups is 2. The van der Waals surface area contributed by atoms with Crippen LogP contribution in [0.25, 0.3) is 44.2 Å². The molecule has 288 valence electrons. The van der Waals surface area contributed by atoms with Gasteiger partial charge >= 0.3 is 0 Å². The highest BCUT2D eigenvalue weighted by atomic mass is 16.3. The van der Waals surface area contributed by atoms with Crippen LogP contribution in [-0.4, -0.2) is 17.4 Å². The number of amidine groups is 2. The SMILES string of the molecule is CC(=NC(=NC(=N)c1cccc2oc3cc(-c4ccc(N(c5ccccc5)c5ccc6c(c5)C(C)(C)c5ccccc5-6)cc4)ccc3c12)c1ccccc1)c1ccccc1. The number of nitrogens with zero attached hydrogens (tertiary/aromatic N) is 3. The van der Waals surface area contributed by atoms with Crippen molar-refractivity contribution in [3.8, 4) is 22.3 Å². The number of nitrogens with one attached hydrogen (secondary N) is 1. The largest absolute Gasteiger partial charge is 0.456 e. The molecule has 0 spiro atoms. The van der Waals surface area contributed by atoms with Gasteiger partial charge in [-0.15, -0.1) is 0 Å². The van der Waals surface area contributed by atoms with E-state index in [0.29, 0.717) is 17.0 Å². The first-order chi connectivity index (χ1) is 29.3. The summed E-state index contributed by atoms with van der Waals surface area (Å²) in [7, 11) is 0. The molecule has 0 radical (unpaired) electrons. The van der Waals surface area contributed by atoms with Crippen LogP contribution in [-0.2, 0) is 5.41 Å². The zero-order valence-corrected chi connectivity index (χ0v) is 33.7. The fraction of sp³-hybridized carbons (Fsp3) is 0.0727. The number of furan rings is 1. The highest BCUT2D eigenvalue weighted by Gasteiger charge is 2.35. The fourth-order valence-corrected chi connectivity index (χ4v) is 8.67. The van der Waals surface area contributed by atoms with Crippen LogP contribution in [0.15, 0.2) is 209 Å². The Kier molecular flexibility index (Phi) is 9.14. The van der Waals surface area contributed by atoms with E-state index in [-0.39, 0.29) is 11.3 Å². The molecular weight excluding hydrogens is 733 g/mol. The van der Waals surface area contributed by atoms with Crippen molar-refractivity contribution in [1.29, 1.82) is 5.41 Å². The zero-order chi connectivity index (χ0) is 40.8. The van der Waals surface area contributed by atoms with Gasteiger partial charge in [-0.2, -0.15) is 0 Å². The van der Waals surface area contributed by atoms with E-state index in [2.05, 4.69) is 134 Å². The van der Waals surface area contributed by atoms with Gasteiger partial charge in [0.05, 0.1) is 0 Å². The molecule has 0 atom stereocenters. The van der Waals surface area contributed by atoms with Gasteiger partial charge in [-0.05, 0) is 100 Å². The van der Waals surface area contributed by atoms with Gasteiger partial charge in [0.2, 0.25) is 0 Å². The number of benzene rings is 8. The Morgan fingerprint density at radius 2 is 1.13 bits per heavy atom. The standard InChI is InChI=1S/C55H42N4O/c1-36(37-16-7-4-8-17-37)57-54(39-18-9-5-10-19-39)58-53(56)47-23-15-25-50-52(47)46-32-28-40(34-51(46)60-50)38-26-29-42(30-27-38)59(41-20-11-6-12-21-41)43-31-33-45-44-22-13-14-24-48(44)55(2,3)49(45)35-43/h4-35,56H,1-3H3. The van der Waals surface area contributed by atoms with Gasteiger partial charge in [0.25, 0.3) is 0 Å². The molecule has 0 aliphatic heterocycles. The molecule has 60 heavy (non-hydrogen) atoms. The second-order valence-electron chi connectivity index (χ2n) is 15.8. The Bertz CT molecular complexity index is 3120. The van der Waals surface area contributed by atoms with E-state index in [4.69, 9.17) is 14.4 Å². The number of anilines is 3. The Balaban J connectivity index is 0.989. The second kappa shape index (κ2) is 14.9. The topological polar surface area (TPSA) is 65.0 Å². The van der Waals surface area contributed by atoms with E-state index in [1.807, 2.05) is 85.8 Å². The van der Waals surface area contributed by atoms with Crippen LogP contribution in [0.2, 0.25) is 0 Å². The van der Waals surface area contributed by atoms with E-state index in [0.717, 1.165) is 61.4 Å². The molecule has 0 bridgehead atoms. The molecule has 1 aromatic heterocycles. The zero-order valence-electron chi connectivity index (χ0n) is 33.7. The van der Waals surface area contributed by atoms with Gasteiger partial charge in [0, 0.05) is 50.1 Å². The molecule has 1 N–H and O–H groups in total. The molecule has 1 aliphatic carbocycles. The van der Waals surface area contributed by atoms with Crippen molar-refractivity contribution in [2.24, 2.45) is 9.98 Å². The normalized spacial score (nSPS) is 13.3. The predicted octanol–water partition coefficient (Wildman–Crippen LogP) is 14.3. The first-order valence-electron chi connectivity index (χ1n) is 20.3. The number of para-hydroxylation sites is 1. The van der Waals surface area contributed by atoms with Gasteiger partial charge < -0.3 is 9.32 Å². The number of hydrogen-bond donors (Lipinski definition) is 1. The summed E-state index contributed by atoms with van der Waals surface area (Å²) >= 11 is 0. The summed E-state index contributed by atoms with van der Waals surface area (Å²) in [6.07, 6.45) is 0. The van der Waals surface area contributed by atoms with Crippen LogP contribution in [0.3, 0.4) is 0 Å². The van der Waals surface area contributed by atoms with Crippen LogP contribution < -0.4 is 4.90 Å². The monoisotopic (exact) mass is 774 g/mol. The van der Waals surface area contributed by atoms with E-state index in [1.165, 1.54) is 22.3 Å². The minimum absolute atomic E-state index is 0.0982. The average molecular weight is 775 g/mol. The van der Waals surface area contributed by atoms with Gasteiger partial charge in [0.15, 0.2) is 11.7 Å².